The molecule has 0 aliphatic carbocycles. The van der Waals surface area contributed by atoms with Gasteiger partial charge in [0.2, 0.25) is 5.91 Å². The van der Waals surface area contributed by atoms with E-state index < -0.39 is 0 Å². The highest BCUT2D eigenvalue weighted by atomic mass is 35.5. The number of rotatable bonds is 7. The summed E-state index contributed by atoms with van der Waals surface area (Å²) in [5, 5.41) is 6.00. The third-order valence-corrected chi connectivity index (χ3v) is 2.39. The maximum absolute atomic E-state index is 11.5. The quantitative estimate of drug-likeness (QED) is 0.519. The molecular weight excluding hydrogens is 228 g/mol. The molecule has 4 nitrogen and oxygen atoms in total. The van der Waals surface area contributed by atoms with Gasteiger partial charge in [-0.2, -0.15) is 0 Å². The summed E-state index contributed by atoms with van der Waals surface area (Å²) in [5.74, 6) is 0.0971. The van der Waals surface area contributed by atoms with Crippen LogP contribution in [0.1, 0.15) is 19.3 Å². The molecular formula is C11H21ClN2O2. The molecule has 1 heterocycles. The fourth-order valence-corrected chi connectivity index (χ4v) is 1.55. The van der Waals surface area contributed by atoms with Gasteiger partial charge in [0, 0.05) is 6.54 Å². The molecule has 2 N–H and O–H groups in total. The van der Waals surface area contributed by atoms with E-state index in [0.29, 0.717) is 19.8 Å². The lowest BCUT2D eigenvalue weighted by Crippen LogP contribution is -2.41. The Balaban J connectivity index is 0.00000225. The van der Waals surface area contributed by atoms with Crippen LogP contribution in [0.2, 0.25) is 0 Å². The van der Waals surface area contributed by atoms with Gasteiger partial charge < -0.3 is 15.4 Å². The smallest absolute Gasteiger partial charge is 0.237 e. The van der Waals surface area contributed by atoms with Crippen LogP contribution in [-0.2, 0) is 9.53 Å². The minimum absolute atomic E-state index is 0. The molecule has 1 aliphatic rings. The highest BCUT2D eigenvalue weighted by molar-refractivity contribution is 5.85. The average molecular weight is 249 g/mol. The van der Waals surface area contributed by atoms with Crippen LogP contribution in [-0.4, -0.2) is 38.3 Å². The van der Waals surface area contributed by atoms with Crippen LogP contribution >= 0.6 is 12.4 Å². The number of halogens is 1. The normalized spacial score (nSPS) is 18.9. The molecule has 0 radical (unpaired) electrons. The Morgan fingerprint density at radius 1 is 1.56 bits per heavy atom. The zero-order chi connectivity index (χ0) is 10.9. The van der Waals surface area contributed by atoms with Crippen LogP contribution in [0.5, 0.6) is 0 Å². The fourth-order valence-electron chi connectivity index (χ4n) is 1.55. The maximum atomic E-state index is 11.5. The van der Waals surface area contributed by atoms with Crippen LogP contribution < -0.4 is 10.6 Å². The summed E-state index contributed by atoms with van der Waals surface area (Å²) in [6.45, 7) is 6.40. The molecule has 1 aliphatic heterocycles. The number of nitrogens with one attached hydrogen (secondary N) is 2. The van der Waals surface area contributed by atoms with Gasteiger partial charge in [-0.05, 0) is 25.8 Å². The highest BCUT2D eigenvalue weighted by Crippen LogP contribution is 2.03. The van der Waals surface area contributed by atoms with E-state index in [1.165, 1.54) is 0 Å². The first-order valence-electron chi connectivity index (χ1n) is 5.54. The molecule has 0 aromatic carbocycles. The topological polar surface area (TPSA) is 50.4 Å². The predicted molar refractivity (Wildman–Crippen MR) is 66.9 cm³/mol. The molecule has 1 unspecified atom stereocenters. The molecule has 1 amide bonds. The molecule has 16 heavy (non-hydrogen) atoms. The molecule has 5 heteroatoms. The third kappa shape index (κ3) is 6.10. The van der Waals surface area contributed by atoms with Crippen LogP contribution in [0, 0.1) is 0 Å². The lowest BCUT2D eigenvalue weighted by Gasteiger charge is -2.10. The van der Waals surface area contributed by atoms with E-state index in [0.717, 1.165) is 25.8 Å². The molecule has 1 fully saturated rings. The summed E-state index contributed by atoms with van der Waals surface area (Å²) >= 11 is 0. The third-order valence-electron chi connectivity index (χ3n) is 2.39. The number of hydrogen-bond donors (Lipinski definition) is 2. The number of ether oxygens (including phenoxy) is 1. The zero-order valence-corrected chi connectivity index (χ0v) is 10.4. The van der Waals surface area contributed by atoms with Gasteiger partial charge >= 0.3 is 0 Å². The van der Waals surface area contributed by atoms with Crippen LogP contribution in [0.15, 0.2) is 12.7 Å². The number of carbonyl (C=O) groups is 1. The summed E-state index contributed by atoms with van der Waals surface area (Å²) in [4.78, 5) is 11.5. The van der Waals surface area contributed by atoms with E-state index in [9.17, 15) is 4.79 Å². The lowest BCUT2D eigenvalue weighted by molar-refractivity contribution is -0.123. The van der Waals surface area contributed by atoms with Crippen molar-refractivity contribution in [1.82, 2.24) is 10.6 Å². The molecule has 1 saturated heterocycles. The molecule has 1 atom stereocenters. The fraction of sp³-hybridized carbons (Fsp3) is 0.727. The Hall–Kier alpha value is -0.580. The standard InChI is InChI=1S/C11H20N2O2.ClH/c1-2-3-8-15-9-7-13-11(14)10-5-4-6-12-10;/h2,10,12H,1,3-9H2,(H,13,14);1H. The van der Waals surface area contributed by atoms with Crippen molar-refractivity contribution in [3.63, 3.8) is 0 Å². The van der Waals surface area contributed by atoms with Crippen molar-refractivity contribution in [2.45, 2.75) is 25.3 Å². The van der Waals surface area contributed by atoms with Crippen molar-refractivity contribution < 1.29 is 9.53 Å². The van der Waals surface area contributed by atoms with E-state index >= 15 is 0 Å². The highest BCUT2D eigenvalue weighted by Gasteiger charge is 2.20. The van der Waals surface area contributed by atoms with Crippen molar-refractivity contribution in [3.05, 3.63) is 12.7 Å². The van der Waals surface area contributed by atoms with Crippen molar-refractivity contribution in [1.29, 1.82) is 0 Å². The zero-order valence-electron chi connectivity index (χ0n) is 9.54. The Morgan fingerprint density at radius 2 is 2.38 bits per heavy atom. The molecule has 0 aromatic rings. The Bertz CT molecular complexity index is 206. The second kappa shape index (κ2) is 9.63. The minimum Gasteiger partial charge on any atom is -0.379 e. The van der Waals surface area contributed by atoms with Crippen molar-refractivity contribution >= 4 is 18.3 Å². The second-order valence-corrected chi connectivity index (χ2v) is 3.63. The summed E-state index contributed by atoms with van der Waals surface area (Å²) in [5.41, 5.74) is 0. The summed E-state index contributed by atoms with van der Waals surface area (Å²) in [7, 11) is 0. The first-order chi connectivity index (χ1) is 7.34. The molecule has 0 aromatic heterocycles. The van der Waals surface area contributed by atoms with E-state index in [1.807, 2.05) is 6.08 Å². The lowest BCUT2D eigenvalue weighted by atomic mass is 10.2. The van der Waals surface area contributed by atoms with Gasteiger partial charge in [-0.1, -0.05) is 6.08 Å². The van der Waals surface area contributed by atoms with E-state index in [4.69, 9.17) is 4.74 Å². The number of carbonyl (C=O) groups excluding carboxylic acids is 1. The molecule has 1 rings (SSSR count). The second-order valence-electron chi connectivity index (χ2n) is 3.63. The average Bonchev–Trinajstić information content (AvgIpc) is 2.76. The van der Waals surface area contributed by atoms with Gasteiger partial charge in [0.1, 0.15) is 0 Å². The van der Waals surface area contributed by atoms with E-state index in [2.05, 4.69) is 17.2 Å². The first kappa shape index (κ1) is 15.4. The van der Waals surface area contributed by atoms with Gasteiger partial charge in [-0.15, -0.1) is 19.0 Å². The summed E-state index contributed by atoms with van der Waals surface area (Å²) in [6, 6.07) is 0.0122. The Morgan fingerprint density at radius 3 is 3.00 bits per heavy atom. The van der Waals surface area contributed by atoms with Crippen molar-refractivity contribution in [2.75, 3.05) is 26.3 Å². The van der Waals surface area contributed by atoms with E-state index in [-0.39, 0.29) is 24.4 Å². The minimum atomic E-state index is 0. The maximum Gasteiger partial charge on any atom is 0.237 e. The van der Waals surface area contributed by atoms with Gasteiger partial charge in [0.25, 0.3) is 0 Å². The van der Waals surface area contributed by atoms with E-state index in [1.54, 1.807) is 0 Å². The predicted octanol–water partition coefficient (Wildman–Crippen LogP) is 0.869. The molecule has 0 spiro atoms. The molecule has 0 bridgehead atoms. The summed E-state index contributed by atoms with van der Waals surface area (Å²) in [6.07, 6.45) is 4.72. The first-order valence-corrected chi connectivity index (χ1v) is 5.54. The van der Waals surface area contributed by atoms with Gasteiger partial charge in [0.05, 0.1) is 19.3 Å². The van der Waals surface area contributed by atoms with Gasteiger partial charge in [-0.25, -0.2) is 0 Å². The molecule has 0 saturated carbocycles. The number of amides is 1. The largest absolute Gasteiger partial charge is 0.379 e. The van der Waals surface area contributed by atoms with Crippen molar-refractivity contribution in [3.8, 4) is 0 Å². The van der Waals surface area contributed by atoms with Crippen molar-refractivity contribution in [2.24, 2.45) is 0 Å². The van der Waals surface area contributed by atoms with Gasteiger partial charge in [-0.3, -0.25) is 4.79 Å². The van der Waals surface area contributed by atoms with Crippen LogP contribution in [0.4, 0.5) is 0 Å². The molecule has 94 valence electrons. The summed E-state index contributed by atoms with van der Waals surface area (Å²) < 4.78 is 5.28. The Kier molecular flexibility index (Phi) is 9.28. The van der Waals surface area contributed by atoms with Gasteiger partial charge in [0.15, 0.2) is 0 Å². The monoisotopic (exact) mass is 248 g/mol. The van der Waals surface area contributed by atoms with Crippen LogP contribution in [0.3, 0.4) is 0 Å². The Labute approximate surface area is 103 Å². The number of hydrogen-bond acceptors (Lipinski definition) is 3. The van der Waals surface area contributed by atoms with Crippen LogP contribution in [0.25, 0.3) is 0 Å². The SMILES string of the molecule is C=CCCOCCNC(=O)C1CCCN1.Cl.